The van der Waals surface area contributed by atoms with Gasteiger partial charge in [-0.25, -0.2) is 0 Å². The summed E-state index contributed by atoms with van der Waals surface area (Å²) in [5.41, 5.74) is 4.98. The Morgan fingerprint density at radius 3 is 2.44 bits per heavy atom. The van der Waals surface area contributed by atoms with Gasteiger partial charge in [-0.1, -0.05) is 42.5 Å². The third kappa shape index (κ3) is 2.61. The number of amides is 1. The van der Waals surface area contributed by atoms with E-state index >= 15 is 0 Å². The lowest BCUT2D eigenvalue weighted by Crippen LogP contribution is -2.45. The first kappa shape index (κ1) is 18.4. The van der Waals surface area contributed by atoms with Crippen molar-refractivity contribution in [3.63, 3.8) is 0 Å². The number of rotatable bonds is 4. The molecule has 2 N–H and O–H groups in total. The smallest absolute Gasteiger partial charge is 0.329 e. The van der Waals surface area contributed by atoms with Crippen LogP contribution >= 0.6 is 0 Å². The molecule has 0 radical (unpaired) electrons. The van der Waals surface area contributed by atoms with E-state index in [0.29, 0.717) is 11.1 Å². The van der Waals surface area contributed by atoms with E-state index in [-0.39, 0.29) is 5.78 Å². The molecule has 1 fully saturated rings. The number of fused-ring (bicyclic) bond motifs is 1. The highest BCUT2D eigenvalue weighted by atomic mass is 16.5. The monoisotopic (exact) mass is 365 g/mol. The Labute approximate surface area is 156 Å². The van der Waals surface area contributed by atoms with Gasteiger partial charge in [-0.15, -0.1) is 0 Å². The van der Waals surface area contributed by atoms with Gasteiger partial charge in [0.25, 0.3) is 0 Å². The summed E-state index contributed by atoms with van der Waals surface area (Å²) in [7, 11) is 1.20. The van der Waals surface area contributed by atoms with Crippen molar-refractivity contribution in [1.82, 2.24) is 4.90 Å². The number of carbonyl (C=O) groups excluding carboxylic acids is 3. The Morgan fingerprint density at radius 2 is 1.93 bits per heavy atom. The van der Waals surface area contributed by atoms with Crippen LogP contribution in [0.4, 0.5) is 0 Å². The van der Waals surface area contributed by atoms with Crippen molar-refractivity contribution < 1.29 is 19.1 Å². The number of esters is 1. The number of ketones is 1. The average molecular weight is 365 g/mol. The molecular formula is C20H19N3O4. The van der Waals surface area contributed by atoms with Gasteiger partial charge >= 0.3 is 5.97 Å². The Balaban J connectivity index is 2.29. The van der Waals surface area contributed by atoms with Crippen LogP contribution in [0.2, 0.25) is 0 Å². The fraction of sp³-hybridized carbons (Fsp3) is 0.300. The van der Waals surface area contributed by atoms with Gasteiger partial charge in [0, 0.05) is 17.7 Å². The summed E-state index contributed by atoms with van der Waals surface area (Å²) in [6.07, 6.45) is 4.65. The molecular weight excluding hydrogens is 346 g/mol. The maximum atomic E-state index is 12.8. The predicted molar refractivity (Wildman–Crippen MR) is 95.8 cm³/mol. The van der Waals surface area contributed by atoms with Crippen molar-refractivity contribution in [2.24, 2.45) is 11.1 Å². The minimum Gasteiger partial charge on any atom is -0.468 e. The van der Waals surface area contributed by atoms with Crippen LogP contribution in [0.3, 0.4) is 0 Å². The van der Waals surface area contributed by atoms with E-state index in [1.807, 2.05) is 0 Å². The molecule has 1 aromatic carbocycles. The topological polar surface area (TPSA) is 113 Å². The molecule has 138 valence electrons. The van der Waals surface area contributed by atoms with E-state index < -0.39 is 35.3 Å². The molecule has 7 heteroatoms. The zero-order valence-electron chi connectivity index (χ0n) is 15.0. The molecule has 0 saturated carbocycles. The fourth-order valence-electron chi connectivity index (χ4n) is 4.05. The number of nitriles is 1. The largest absolute Gasteiger partial charge is 0.468 e. The molecule has 0 aliphatic carbocycles. The van der Waals surface area contributed by atoms with Crippen molar-refractivity contribution in [1.29, 1.82) is 5.26 Å². The number of allylic oxidation sites excluding steroid dienone is 2. The lowest BCUT2D eigenvalue weighted by molar-refractivity contribution is -0.150. The van der Waals surface area contributed by atoms with Gasteiger partial charge < -0.3 is 15.4 Å². The Hall–Kier alpha value is -3.40. The summed E-state index contributed by atoms with van der Waals surface area (Å²) in [6.45, 7) is 1.40. The van der Waals surface area contributed by atoms with Crippen LogP contribution in [0.15, 0.2) is 54.3 Å². The molecule has 0 unspecified atom stereocenters. The minimum absolute atomic E-state index is 0.197. The summed E-state index contributed by atoms with van der Waals surface area (Å²) in [5, 5.41) is 10.1. The highest BCUT2D eigenvalue weighted by Gasteiger charge is 2.66. The second-order valence-corrected chi connectivity index (χ2v) is 6.60. The summed E-state index contributed by atoms with van der Waals surface area (Å²) in [6, 6.07) is 9.14. The van der Waals surface area contributed by atoms with Crippen LogP contribution in [-0.4, -0.2) is 41.8 Å². The van der Waals surface area contributed by atoms with Crippen molar-refractivity contribution in [2.45, 2.75) is 24.9 Å². The number of primary amides is 1. The SMILES string of the molecule is COC(=O)[C@]1(C#N)[C@H](c2ccccc2)[C@@H](C(N)=O)N2C=C(C(C)=O)C=C[C@@H]21. The average Bonchev–Trinajstić information content (AvgIpc) is 2.98. The number of methoxy groups -OCH3 is 1. The summed E-state index contributed by atoms with van der Waals surface area (Å²) in [4.78, 5) is 38.6. The van der Waals surface area contributed by atoms with E-state index in [0.717, 1.165) is 0 Å². The zero-order valence-corrected chi connectivity index (χ0v) is 15.0. The van der Waals surface area contributed by atoms with Gasteiger partial charge in [-0.2, -0.15) is 5.26 Å². The molecule has 1 amide bonds. The molecule has 2 aliphatic rings. The van der Waals surface area contributed by atoms with Gasteiger partial charge in [0.1, 0.15) is 6.04 Å². The molecule has 0 aromatic heterocycles. The lowest BCUT2D eigenvalue weighted by Gasteiger charge is -2.32. The predicted octanol–water partition coefficient (Wildman–Crippen LogP) is 1.03. The van der Waals surface area contributed by atoms with Gasteiger partial charge in [0.15, 0.2) is 11.2 Å². The third-order valence-electron chi connectivity index (χ3n) is 5.23. The molecule has 7 nitrogen and oxygen atoms in total. The summed E-state index contributed by atoms with van der Waals surface area (Å²) >= 11 is 0. The first-order chi connectivity index (χ1) is 12.9. The third-order valence-corrected chi connectivity index (χ3v) is 5.23. The Kier molecular flexibility index (Phi) is 4.58. The van der Waals surface area contributed by atoms with Crippen molar-refractivity contribution >= 4 is 17.7 Å². The number of benzene rings is 1. The van der Waals surface area contributed by atoms with Gasteiger partial charge in [0.05, 0.1) is 19.2 Å². The molecule has 4 atom stereocenters. The number of hydrogen-bond acceptors (Lipinski definition) is 6. The van der Waals surface area contributed by atoms with Crippen molar-refractivity contribution in [3.8, 4) is 6.07 Å². The standard InChI is InChI=1S/C20H19N3O4/c1-12(24)14-8-9-15-20(11-21,19(26)27-2)16(13-6-4-3-5-7-13)17(18(22)25)23(15)10-14/h3-10,15-17H,1-2H3,(H2,22,25)/t15-,16-,17+,20+/m1/s1. The highest BCUT2D eigenvalue weighted by molar-refractivity contribution is 5.97. The number of ether oxygens (including phenoxy) is 1. The van der Waals surface area contributed by atoms with E-state index in [2.05, 4.69) is 6.07 Å². The van der Waals surface area contributed by atoms with Gasteiger partial charge in [-0.3, -0.25) is 14.4 Å². The lowest BCUT2D eigenvalue weighted by atomic mass is 9.69. The van der Waals surface area contributed by atoms with Crippen LogP contribution in [0.5, 0.6) is 0 Å². The van der Waals surface area contributed by atoms with Gasteiger partial charge in [-0.05, 0) is 12.5 Å². The van der Waals surface area contributed by atoms with Gasteiger partial charge in [0.2, 0.25) is 5.91 Å². The molecule has 1 saturated heterocycles. The van der Waals surface area contributed by atoms with Crippen LogP contribution in [0.1, 0.15) is 18.4 Å². The molecule has 27 heavy (non-hydrogen) atoms. The highest BCUT2D eigenvalue weighted by Crippen LogP contribution is 2.53. The van der Waals surface area contributed by atoms with Crippen LogP contribution in [-0.2, 0) is 19.1 Å². The van der Waals surface area contributed by atoms with E-state index in [9.17, 15) is 19.6 Å². The van der Waals surface area contributed by atoms with Crippen molar-refractivity contribution in [2.75, 3.05) is 7.11 Å². The van der Waals surface area contributed by atoms with E-state index in [1.54, 1.807) is 42.5 Å². The molecule has 1 aromatic rings. The van der Waals surface area contributed by atoms with E-state index in [4.69, 9.17) is 10.5 Å². The van der Waals surface area contributed by atoms with Crippen molar-refractivity contribution in [3.05, 3.63) is 59.8 Å². The minimum atomic E-state index is -1.69. The Bertz CT molecular complexity index is 900. The summed E-state index contributed by atoms with van der Waals surface area (Å²) < 4.78 is 4.97. The Morgan fingerprint density at radius 1 is 1.26 bits per heavy atom. The second kappa shape index (κ2) is 6.72. The normalized spacial score (nSPS) is 28.7. The molecule has 0 spiro atoms. The first-order valence-corrected chi connectivity index (χ1v) is 8.40. The molecule has 0 bridgehead atoms. The molecule has 2 aliphatic heterocycles. The van der Waals surface area contributed by atoms with Crippen LogP contribution < -0.4 is 5.73 Å². The molecule has 2 heterocycles. The van der Waals surface area contributed by atoms with Crippen LogP contribution in [0, 0.1) is 16.7 Å². The fourth-order valence-corrected chi connectivity index (χ4v) is 4.05. The summed E-state index contributed by atoms with van der Waals surface area (Å²) in [5.74, 6) is -2.49. The quantitative estimate of drug-likeness (QED) is 0.798. The zero-order chi connectivity index (χ0) is 19.8. The van der Waals surface area contributed by atoms with E-state index in [1.165, 1.54) is 25.1 Å². The number of hydrogen-bond donors (Lipinski definition) is 1. The second-order valence-electron chi connectivity index (χ2n) is 6.60. The number of Topliss-reactive ketones (excluding diaryl/α,β-unsaturated/α-hetero) is 1. The number of nitrogens with two attached hydrogens (primary N) is 1. The maximum absolute atomic E-state index is 12.8. The number of nitrogens with zero attached hydrogens (tertiary/aromatic N) is 2. The van der Waals surface area contributed by atoms with Crippen LogP contribution in [0.25, 0.3) is 0 Å². The molecule has 3 rings (SSSR count). The first-order valence-electron chi connectivity index (χ1n) is 8.40. The maximum Gasteiger partial charge on any atom is 0.329 e. The number of carbonyl (C=O) groups is 3.